The number of ether oxygens (including phenoxy) is 1. The summed E-state index contributed by atoms with van der Waals surface area (Å²) < 4.78 is 5.91. The van der Waals surface area contributed by atoms with E-state index < -0.39 is 5.97 Å². The molecule has 1 unspecified atom stereocenters. The lowest BCUT2D eigenvalue weighted by atomic mass is 10.2. The van der Waals surface area contributed by atoms with Gasteiger partial charge in [0.25, 0.3) is 5.91 Å². The first-order chi connectivity index (χ1) is 9.60. The normalized spacial score (nSPS) is 12.1. The van der Waals surface area contributed by atoms with Crippen LogP contribution in [0.15, 0.2) is 23.7 Å². The summed E-state index contributed by atoms with van der Waals surface area (Å²) in [4.78, 5) is 27.5. The summed E-state index contributed by atoms with van der Waals surface area (Å²) in [5, 5.41) is 2.74. The molecular formula is C14H16N2O3S. The average molecular weight is 292 g/mol. The Kier molecular flexibility index (Phi) is 4.68. The monoisotopic (exact) mass is 292 g/mol. The summed E-state index contributed by atoms with van der Waals surface area (Å²) in [6.07, 6.45) is 0.835. The fraction of sp³-hybridized carbons (Fsp3) is 0.357. The minimum Gasteiger partial charge on any atom is -0.452 e. The average Bonchev–Trinajstić information content (AvgIpc) is 2.91. The fourth-order valence-corrected chi connectivity index (χ4v) is 2.33. The van der Waals surface area contributed by atoms with Crippen LogP contribution in [0.2, 0.25) is 0 Å². The molecule has 0 aliphatic rings. The van der Waals surface area contributed by atoms with Crippen LogP contribution in [-0.4, -0.2) is 29.5 Å². The number of carbonyl (C=O) groups excluding carboxylic acids is 2. The van der Waals surface area contributed by atoms with E-state index in [-0.39, 0.29) is 18.6 Å². The molecule has 0 spiro atoms. The molecule has 1 aromatic heterocycles. The van der Waals surface area contributed by atoms with E-state index in [2.05, 4.69) is 10.3 Å². The van der Waals surface area contributed by atoms with Crippen molar-refractivity contribution in [2.45, 2.75) is 26.3 Å². The Balaban J connectivity index is 1.92. The minimum atomic E-state index is -0.500. The third kappa shape index (κ3) is 3.54. The number of carbonyl (C=O) groups is 2. The summed E-state index contributed by atoms with van der Waals surface area (Å²) in [5.74, 6) is -0.786. The summed E-state index contributed by atoms with van der Waals surface area (Å²) in [6, 6.07) is 5.22. The number of nitrogens with one attached hydrogen (secondary N) is 1. The lowest BCUT2D eigenvalue weighted by Gasteiger charge is -2.11. The third-order valence-corrected chi connectivity index (χ3v) is 3.71. The molecule has 1 amide bonds. The molecule has 1 heterocycles. The maximum Gasteiger partial charge on any atom is 0.338 e. The van der Waals surface area contributed by atoms with Gasteiger partial charge in [0, 0.05) is 6.04 Å². The molecule has 1 aromatic carbocycles. The van der Waals surface area contributed by atoms with Crippen LogP contribution >= 0.6 is 11.3 Å². The number of thiazole rings is 1. The number of nitrogens with zero attached hydrogens (tertiary/aromatic N) is 1. The highest BCUT2D eigenvalue weighted by molar-refractivity contribution is 7.16. The van der Waals surface area contributed by atoms with Crippen molar-refractivity contribution in [2.24, 2.45) is 0 Å². The van der Waals surface area contributed by atoms with E-state index in [1.165, 1.54) is 11.3 Å². The van der Waals surface area contributed by atoms with Crippen molar-refractivity contribution < 1.29 is 14.3 Å². The Morgan fingerprint density at radius 3 is 3.00 bits per heavy atom. The van der Waals surface area contributed by atoms with Gasteiger partial charge in [0.2, 0.25) is 0 Å². The number of amides is 1. The number of fused-ring (bicyclic) bond motifs is 1. The van der Waals surface area contributed by atoms with Crippen molar-refractivity contribution in [3.8, 4) is 0 Å². The standard InChI is InChI=1S/C14H16N2O3S/c1-3-9(2)16-13(17)7-19-14(18)10-4-5-11-12(6-10)20-8-15-11/h4-6,8-9H,3,7H2,1-2H3,(H,16,17). The molecule has 0 aliphatic carbocycles. The lowest BCUT2D eigenvalue weighted by molar-refractivity contribution is -0.124. The Morgan fingerprint density at radius 2 is 2.25 bits per heavy atom. The maximum absolute atomic E-state index is 11.9. The van der Waals surface area contributed by atoms with Crippen LogP contribution in [0, 0.1) is 0 Å². The molecule has 0 radical (unpaired) electrons. The molecule has 2 rings (SSSR count). The molecule has 6 heteroatoms. The van der Waals surface area contributed by atoms with Gasteiger partial charge in [-0.2, -0.15) is 0 Å². The largest absolute Gasteiger partial charge is 0.452 e. The summed E-state index contributed by atoms with van der Waals surface area (Å²) in [5.41, 5.74) is 3.00. The van der Waals surface area contributed by atoms with E-state index in [4.69, 9.17) is 4.74 Å². The van der Waals surface area contributed by atoms with Gasteiger partial charge in [-0.1, -0.05) is 6.92 Å². The Hall–Kier alpha value is -1.95. The Morgan fingerprint density at radius 1 is 1.45 bits per heavy atom. The van der Waals surface area contributed by atoms with E-state index in [1.807, 2.05) is 13.8 Å². The van der Waals surface area contributed by atoms with Crippen molar-refractivity contribution in [3.63, 3.8) is 0 Å². The van der Waals surface area contributed by atoms with E-state index in [9.17, 15) is 9.59 Å². The first kappa shape index (κ1) is 14.5. The molecule has 0 aliphatic heterocycles. The molecule has 2 aromatic rings. The van der Waals surface area contributed by atoms with E-state index >= 15 is 0 Å². The van der Waals surface area contributed by atoms with Crippen LogP contribution in [-0.2, 0) is 9.53 Å². The number of aromatic nitrogens is 1. The zero-order chi connectivity index (χ0) is 14.5. The van der Waals surface area contributed by atoms with Gasteiger partial charge in [-0.15, -0.1) is 11.3 Å². The molecule has 1 N–H and O–H groups in total. The van der Waals surface area contributed by atoms with Crippen LogP contribution in [0.1, 0.15) is 30.6 Å². The number of hydrogen-bond donors (Lipinski definition) is 1. The van der Waals surface area contributed by atoms with Gasteiger partial charge >= 0.3 is 5.97 Å². The first-order valence-electron chi connectivity index (χ1n) is 6.40. The van der Waals surface area contributed by atoms with Crippen molar-refractivity contribution in [2.75, 3.05) is 6.61 Å². The molecule has 0 saturated carbocycles. The van der Waals surface area contributed by atoms with Crippen LogP contribution < -0.4 is 5.32 Å². The molecule has 5 nitrogen and oxygen atoms in total. The van der Waals surface area contributed by atoms with E-state index in [0.29, 0.717) is 5.56 Å². The quantitative estimate of drug-likeness (QED) is 0.859. The van der Waals surface area contributed by atoms with Crippen LogP contribution in [0.4, 0.5) is 0 Å². The zero-order valence-electron chi connectivity index (χ0n) is 11.4. The number of benzene rings is 1. The van der Waals surface area contributed by atoms with Gasteiger partial charge < -0.3 is 10.1 Å². The van der Waals surface area contributed by atoms with Crippen molar-refractivity contribution in [1.82, 2.24) is 10.3 Å². The van der Waals surface area contributed by atoms with Crippen LogP contribution in [0.3, 0.4) is 0 Å². The Bertz CT molecular complexity index is 624. The van der Waals surface area contributed by atoms with E-state index in [1.54, 1.807) is 23.7 Å². The number of rotatable bonds is 5. The van der Waals surface area contributed by atoms with Crippen LogP contribution in [0.5, 0.6) is 0 Å². The SMILES string of the molecule is CCC(C)NC(=O)COC(=O)c1ccc2ncsc2c1. The van der Waals surface area contributed by atoms with Gasteiger partial charge in [0.05, 0.1) is 21.3 Å². The topological polar surface area (TPSA) is 68.3 Å². The predicted molar refractivity (Wildman–Crippen MR) is 77.8 cm³/mol. The van der Waals surface area contributed by atoms with Gasteiger partial charge in [-0.05, 0) is 31.5 Å². The second kappa shape index (κ2) is 6.47. The van der Waals surface area contributed by atoms with Crippen molar-refractivity contribution >= 4 is 33.4 Å². The summed E-state index contributed by atoms with van der Waals surface area (Å²) >= 11 is 1.46. The fourth-order valence-electron chi connectivity index (χ4n) is 1.62. The highest BCUT2D eigenvalue weighted by atomic mass is 32.1. The summed E-state index contributed by atoms with van der Waals surface area (Å²) in [6.45, 7) is 3.61. The highest BCUT2D eigenvalue weighted by Crippen LogP contribution is 2.19. The second-order valence-corrected chi connectivity index (χ2v) is 5.37. The number of hydrogen-bond acceptors (Lipinski definition) is 5. The predicted octanol–water partition coefficient (Wildman–Crippen LogP) is 2.37. The van der Waals surface area contributed by atoms with Gasteiger partial charge in [-0.25, -0.2) is 9.78 Å². The molecule has 1 atom stereocenters. The van der Waals surface area contributed by atoms with E-state index in [0.717, 1.165) is 16.6 Å². The van der Waals surface area contributed by atoms with Gasteiger partial charge in [-0.3, -0.25) is 4.79 Å². The second-order valence-electron chi connectivity index (χ2n) is 4.49. The third-order valence-electron chi connectivity index (χ3n) is 2.92. The molecule has 0 fully saturated rings. The first-order valence-corrected chi connectivity index (χ1v) is 7.28. The summed E-state index contributed by atoms with van der Waals surface area (Å²) in [7, 11) is 0. The zero-order valence-corrected chi connectivity index (χ0v) is 12.2. The highest BCUT2D eigenvalue weighted by Gasteiger charge is 2.12. The van der Waals surface area contributed by atoms with Crippen molar-refractivity contribution in [3.05, 3.63) is 29.3 Å². The lowest BCUT2D eigenvalue weighted by Crippen LogP contribution is -2.35. The van der Waals surface area contributed by atoms with Crippen molar-refractivity contribution in [1.29, 1.82) is 0 Å². The molecular weight excluding hydrogens is 276 g/mol. The number of esters is 1. The van der Waals surface area contributed by atoms with Crippen LogP contribution in [0.25, 0.3) is 10.2 Å². The molecule has 106 valence electrons. The minimum absolute atomic E-state index is 0.0785. The molecule has 0 saturated heterocycles. The molecule has 20 heavy (non-hydrogen) atoms. The van der Waals surface area contributed by atoms with Gasteiger partial charge in [0.1, 0.15) is 0 Å². The molecule has 0 bridgehead atoms. The smallest absolute Gasteiger partial charge is 0.338 e. The van der Waals surface area contributed by atoms with Gasteiger partial charge in [0.15, 0.2) is 6.61 Å². The Labute approximate surface area is 121 Å². The maximum atomic E-state index is 11.9.